The van der Waals surface area contributed by atoms with Crippen LogP contribution in [-0.4, -0.2) is 34.1 Å². The second-order valence-corrected chi connectivity index (χ2v) is 7.88. The van der Waals surface area contributed by atoms with Crippen molar-refractivity contribution in [1.82, 2.24) is 20.3 Å². The molecule has 1 unspecified atom stereocenters. The maximum absolute atomic E-state index is 6.06. The molecule has 1 aliphatic rings. The Morgan fingerprint density at radius 3 is 2.53 bits per heavy atom. The maximum Gasteiger partial charge on any atom is 0.225 e. The SMILES string of the molecule is Cc1cc(CNC2CCCN(c3ncccn3)C2)cc(C)c1OCc1ccccn1. The highest BCUT2D eigenvalue weighted by Gasteiger charge is 2.21. The Hall–Kier alpha value is -2.99. The number of nitrogens with one attached hydrogen (secondary N) is 1. The molecule has 4 rings (SSSR count). The van der Waals surface area contributed by atoms with Gasteiger partial charge in [0, 0.05) is 44.3 Å². The van der Waals surface area contributed by atoms with E-state index in [1.165, 1.54) is 12.0 Å². The lowest BCUT2D eigenvalue weighted by Gasteiger charge is -2.33. The summed E-state index contributed by atoms with van der Waals surface area (Å²) < 4.78 is 6.06. The average Bonchev–Trinajstić information content (AvgIpc) is 2.79. The number of hydrogen-bond donors (Lipinski definition) is 1. The van der Waals surface area contributed by atoms with Gasteiger partial charge in [0.15, 0.2) is 0 Å². The normalized spacial score (nSPS) is 16.5. The topological polar surface area (TPSA) is 63.2 Å². The Kier molecular flexibility index (Phi) is 6.54. The highest BCUT2D eigenvalue weighted by Crippen LogP contribution is 2.26. The summed E-state index contributed by atoms with van der Waals surface area (Å²) in [6.07, 6.45) is 7.73. The van der Waals surface area contributed by atoms with Gasteiger partial charge in [-0.15, -0.1) is 0 Å². The minimum absolute atomic E-state index is 0.434. The van der Waals surface area contributed by atoms with Gasteiger partial charge in [-0.2, -0.15) is 0 Å². The molecule has 0 saturated carbocycles. The molecule has 156 valence electrons. The van der Waals surface area contributed by atoms with E-state index in [1.807, 2.05) is 36.7 Å². The summed E-state index contributed by atoms with van der Waals surface area (Å²) in [5, 5.41) is 3.72. The van der Waals surface area contributed by atoms with Crippen LogP contribution in [-0.2, 0) is 13.2 Å². The van der Waals surface area contributed by atoms with Crippen molar-refractivity contribution in [1.29, 1.82) is 0 Å². The summed E-state index contributed by atoms with van der Waals surface area (Å²) in [4.78, 5) is 15.4. The van der Waals surface area contributed by atoms with E-state index in [9.17, 15) is 0 Å². The fourth-order valence-electron chi connectivity index (χ4n) is 4.04. The molecule has 1 atom stereocenters. The molecule has 3 aromatic rings. The molecule has 1 aliphatic heterocycles. The van der Waals surface area contributed by atoms with Crippen LogP contribution >= 0.6 is 0 Å². The lowest BCUT2D eigenvalue weighted by atomic mass is 10.0. The molecular weight excluding hydrogens is 374 g/mol. The molecule has 0 bridgehead atoms. The summed E-state index contributed by atoms with van der Waals surface area (Å²) in [7, 11) is 0. The largest absolute Gasteiger partial charge is 0.487 e. The first-order valence-corrected chi connectivity index (χ1v) is 10.6. The van der Waals surface area contributed by atoms with Gasteiger partial charge in [-0.1, -0.05) is 18.2 Å². The molecule has 1 saturated heterocycles. The summed E-state index contributed by atoms with van der Waals surface area (Å²) in [6, 6.07) is 12.6. The van der Waals surface area contributed by atoms with Crippen LogP contribution in [0.4, 0.5) is 5.95 Å². The van der Waals surface area contributed by atoms with Gasteiger partial charge in [-0.3, -0.25) is 4.98 Å². The van der Waals surface area contributed by atoms with Gasteiger partial charge in [-0.05, 0) is 61.6 Å². The minimum Gasteiger partial charge on any atom is -0.487 e. The highest BCUT2D eigenvalue weighted by atomic mass is 16.5. The van der Waals surface area contributed by atoms with Crippen molar-refractivity contribution in [3.63, 3.8) is 0 Å². The molecule has 1 N–H and O–H groups in total. The van der Waals surface area contributed by atoms with Gasteiger partial charge in [0.25, 0.3) is 0 Å². The first-order chi connectivity index (χ1) is 14.7. The lowest BCUT2D eigenvalue weighted by Crippen LogP contribution is -2.46. The van der Waals surface area contributed by atoms with Gasteiger partial charge < -0.3 is 15.0 Å². The van der Waals surface area contributed by atoms with Crippen molar-refractivity contribution in [2.75, 3.05) is 18.0 Å². The minimum atomic E-state index is 0.434. The third-order valence-corrected chi connectivity index (χ3v) is 5.46. The molecule has 0 radical (unpaired) electrons. The Labute approximate surface area is 178 Å². The van der Waals surface area contributed by atoms with Crippen molar-refractivity contribution in [3.05, 3.63) is 77.4 Å². The number of hydrogen-bond acceptors (Lipinski definition) is 6. The summed E-state index contributed by atoms with van der Waals surface area (Å²) in [5.41, 5.74) is 4.53. The van der Waals surface area contributed by atoms with E-state index in [0.717, 1.165) is 54.6 Å². The van der Waals surface area contributed by atoms with Crippen LogP contribution in [0.15, 0.2) is 55.0 Å². The van der Waals surface area contributed by atoms with Gasteiger partial charge in [0.05, 0.1) is 5.69 Å². The standard InChI is InChI=1S/C24H29N5O/c1-18-13-20(14-19(2)23(18)30-17-22-7-3-4-9-25-22)15-28-21-8-5-12-29(16-21)24-26-10-6-11-27-24/h3-4,6-7,9-11,13-14,21,28H,5,8,12,15-17H2,1-2H3. The zero-order valence-electron chi connectivity index (χ0n) is 17.7. The van der Waals surface area contributed by atoms with Crippen molar-refractivity contribution in [3.8, 4) is 5.75 Å². The molecule has 6 nitrogen and oxygen atoms in total. The Morgan fingerprint density at radius 1 is 1.03 bits per heavy atom. The van der Waals surface area contributed by atoms with Crippen LogP contribution in [0.5, 0.6) is 5.75 Å². The second-order valence-electron chi connectivity index (χ2n) is 7.88. The number of anilines is 1. The number of benzene rings is 1. The van der Waals surface area contributed by atoms with Crippen molar-refractivity contribution >= 4 is 5.95 Å². The van der Waals surface area contributed by atoms with Crippen LogP contribution in [0, 0.1) is 13.8 Å². The van der Waals surface area contributed by atoms with Gasteiger partial charge >= 0.3 is 0 Å². The smallest absolute Gasteiger partial charge is 0.225 e. The van der Waals surface area contributed by atoms with Gasteiger partial charge in [0.2, 0.25) is 5.95 Å². The molecule has 3 heterocycles. The Bertz CT molecular complexity index is 925. The zero-order valence-corrected chi connectivity index (χ0v) is 17.7. The van der Waals surface area contributed by atoms with E-state index in [1.54, 1.807) is 6.20 Å². The second kappa shape index (κ2) is 9.67. The van der Waals surface area contributed by atoms with Crippen LogP contribution in [0.1, 0.15) is 35.2 Å². The van der Waals surface area contributed by atoms with Gasteiger partial charge in [0.1, 0.15) is 12.4 Å². The quantitative estimate of drug-likeness (QED) is 0.647. The fraction of sp³-hybridized carbons (Fsp3) is 0.375. The molecular formula is C24H29N5O. The molecule has 1 fully saturated rings. The molecule has 1 aromatic carbocycles. The molecule has 0 spiro atoms. The first kappa shape index (κ1) is 20.3. The van der Waals surface area contributed by atoms with Crippen LogP contribution in [0.3, 0.4) is 0 Å². The van der Waals surface area contributed by atoms with E-state index in [4.69, 9.17) is 4.74 Å². The van der Waals surface area contributed by atoms with E-state index in [0.29, 0.717) is 12.6 Å². The molecule has 6 heteroatoms. The van der Waals surface area contributed by atoms with E-state index >= 15 is 0 Å². The number of ether oxygens (including phenoxy) is 1. The van der Waals surface area contributed by atoms with Crippen LogP contribution in [0.25, 0.3) is 0 Å². The van der Waals surface area contributed by atoms with E-state index in [2.05, 4.69) is 51.1 Å². The van der Waals surface area contributed by atoms with Crippen molar-refractivity contribution < 1.29 is 4.74 Å². The highest BCUT2D eigenvalue weighted by molar-refractivity contribution is 5.43. The molecule has 30 heavy (non-hydrogen) atoms. The summed E-state index contributed by atoms with van der Waals surface area (Å²) in [5.74, 6) is 1.78. The molecule has 2 aromatic heterocycles. The number of pyridine rings is 1. The molecule has 0 aliphatic carbocycles. The van der Waals surface area contributed by atoms with Crippen molar-refractivity contribution in [2.45, 2.75) is 45.9 Å². The fourth-order valence-corrected chi connectivity index (χ4v) is 4.04. The van der Waals surface area contributed by atoms with Gasteiger partial charge in [-0.25, -0.2) is 9.97 Å². The summed E-state index contributed by atoms with van der Waals surface area (Å²) >= 11 is 0. The number of aryl methyl sites for hydroxylation is 2. The van der Waals surface area contributed by atoms with E-state index < -0.39 is 0 Å². The number of nitrogens with zero attached hydrogens (tertiary/aromatic N) is 4. The Morgan fingerprint density at radius 2 is 1.80 bits per heavy atom. The lowest BCUT2D eigenvalue weighted by molar-refractivity contribution is 0.297. The zero-order chi connectivity index (χ0) is 20.8. The number of aromatic nitrogens is 3. The first-order valence-electron chi connectivity index (χ1n) is 10.6. The average molecular weight is 404 g/mol. The summed E-state index contributed by atoms with van der Waals surface area (Å²) in [6.45, 7) is 7.50. The predicted molar refractivity (Wildman–Crippen MR) is 119 cm³/mol. The van der Waals surface area contributed by atoms with Crippen molar-refractivity contribution in [2.24, 2.45) is 0 Å². The number of piperidine rings is 1. The number of rotatable bonds is 7. The van der Waals surface area contributed by atoms with Crippen LogP contribution in [0.2, 0.25) is 0 Å². The van der Waals surface area contributed by atoms with E-state index in [-0.39, 0.29) is 0 Å². The third-order valence-electron chi connectivity index (χ3n) is 5.46. The van der Waals surface area contributed by atoms with Crippen LogP contribution < -0.4 is 15.0 Å². The maximum atomic E-state index is 6.06. The monoisotopic (exact) mass is 403 g/mol. The molecule has 0 amide bonds. The Balaban J connectivity index is 1.34. The predicted octanol–water partition coefficient (Wildman–Crippen LogP) is 3.83. The third kappa shape index (κ3) is 5.13.